The van der Waals surface area contributed by atoms with Crippen LogP contribution in [0, 0.1) is 0 Å². The van der Waals surface area contributed by atoms with Crippen molar-refractivity contribution >= 4 is 52.8 Å². The third kappa shape index (κ3) is 2.47. The van der Waals surface area contributed by atoms with Gasteiger partial charge in [-0.2, -0.15) is 0 Å². The lowest BCUT2D eigenvalue weighted by Gasteiger charge is -1.95. The lowest BCUT2D eigenvalue weighted by Crippen LogP contribution is -1.95. The molecule has 0 aliphatic carbocycles. The zero-order valence-electron chi connectivity index (χ0n) is 5.75. The molecule has 62 valence electrons. The van der Waals surface area contributed by atoms with Crippen LogP contribution in [0.4, 0.5) is 0 Å². The summed E-state index contributed by atoms with van der Waals surface area (Å²) < 4.78 is -0.223. The molecule has 0 N–H and O–H groups in total. The van der Waals surface area contributed by atoms with E-state index in [0.29, 0.717) is 11.1 Å². The van der Waals surface area contributed by atoms with Crippen molar-refractivity contribution in [3.63, 3.8) is 0 Å². The van der Waals surface area contributed by atoms with Crippen molar-refractivity contribution in [1.82, 2.24) is 4.98 Å². The summed E-state index contributed by atoms with van der Waals surface area (Å²) in [5.41, 5.74) is 0.913. The first-order valence-electron chi connectivity index (χ1n) is 2.96. The Morgan fingerprint density at radius 1 is 1.08 bits per heavy atom. The highest BCUT2D eigenvalue weighted by Crippen LogP contribution is 2.10. The van der Waals surface area contributed by atoms with Crippen LogP contribution in [-0.2, 0) is 0 Å². The van der Waals surface area contributed by atoms with Gasteiger partial charge in [-0.25, -0.2) is 0 Å². The maximum absolute atomic E-state index is 10.9. The van der Waals surface area contributed by atoms with Crippen LogP contribution >= 0.6 is 45.2 Å². The number of halogens is 2. The number of rotatable bonds is 2. The predicted octanol–water partition coefficient (Wildman–Crippen LogP) is 2.23. The molecule has 0 atom stereocenters. The van der Waals surface area contributed by atoms with Gasteiger partial charge < -0.3 is 0 Å². The van der Waals surface area contributed by atoms with Gasteiger partial charge in [0.05, 0.1) is 0 Å². The van der Waals surface area contributed by atoms with Crippen molar-refractivity contribution < 1.29 is 9.59 Å². The number of pyridine rings is 1. The van der Waals surface area contributed by atoms with E-state index in [4.69, 9.17) is 0 Å². The lowest BCUT2D eigenvalue weighted by atomic mass is 10.2. The largest absolute Gasteiger partial charge is 0.282 e. The molecule has 3 nitrogen and oxygen atoms in total. The molecule has 0 amide bonds. The second-order valence-electron chi connectivity index (χ2n) is 2.01. The van der Waals surface area contributed by atoms with E-state index in [0.717, 1.165) is 0 Å². The molecule has 0 saturated heterocycles. The molecule has 0 radical (unpaired) electrons. The third-order valence-electron chi connectivity index (χ3n) is 1.19. The predicted molar refractivity (Wildman–Crippen MR) is 60.9 cm³/mol. The maximum atomic E-state index is 10.9. The highest BCUT2D eigenvalue weighted by molar-refractivity contribution is 14.1. The Bertz CT molecular complexity index is 309. The number of hydrogen-bond acceptors (Lipinski definition) is 3. The van der Waals surface area contributed by atoms with Gasteiger partial charge in [-0.15, -0.1) is 0 Å². The molecule has 0 unspecified atom stereocenters. The fraction of sp³-hybridized carbons (Fsp3) is 0. The number of carbonyl (C=O) groups is 2. The first-order valence-corrected chi connectivity index (χ1v) is 5.11. The number of carbonyl (C=O) groups excluding carboxylic acids is 2. The molecule has 0 spiro atoms. The van der Waals surface area contributed by atoms with Crippen molar-refractivity contribution in [2.45, 2.75) is 0 Å². The molecule has 0 aliphatic heterocycles. The van der Waals surface area contributed by atoms with Crippen molar-refractivity contribution in [2.24, 2.45) is 0 Å². The minimum Gasteiger partial charge on any atom is -0.282 e. The summed E-state index contributed by atoms with van der Waals surface area (Å²) in [5, 5.41) is 0. The van der Waals surface area contributed by atoms with E-state index in [1.165, 1.54) is 18.5 Å². The van der Waals surface area contributed by atoms with E-state index in [2.05, 4.69) is 4.98 Å². The van der Waals surface area contributed by atoms with Gasteiger partial charge >= 0.3 is 0 Å². The molecular formula is C7H3I2NO2. The highest BCUT2D eigenvalue weighted by atomic mass is 127. The van der Waals surface area contributed by atoms with E-state index >= 15 is 0 Å². The molecule has 0 fully saturated rings. The Morgan fingerprint density at radius 3 is 1.83 bits per heavy atom. The van der Waals surface area contributed by atoms with E-state index in [9.17, 15) is 9.59 Å². The fourth-order valence-electron chi connectivity index (χ4n) is 0.655. The monoisotopic (exact) mass is 387 g/mol. The van der Waals surface area contributed by atoms with Crippen LogP contribution in [0.2, 0.25) is 0 Å². The molecule has 12 heavy (non-hydrogen) atoms. The minimum atomic E-state index is -0.111. The van der Waals surface area contributed by atoms with E-state index in [-0.39, 0.29) is 7.58 Å². The number of nitrogens with zero attached hydrogens (tertiary/aromatic N) is 1. The van der Waals surface area contributed by atoms with Gasteiger partial charge in [0.2, 0.25) is 7.58 Å². The Hall–Kier alpha value is -0.0500. The number of aromatic nitrogens is 1. The molecule has 1 aromatic heterocycles. The van der Waals surface area contributed by atoms with Crippen LogP contribution in [-0.4, -0.2) is 12.6 Å². The van der Waals surface area contributed by atoms with Crippen LogP contribution in [0.25, 0.3) is 0 Å². The topological polar surface area (TPSA) is 47.0 Å². The quantitative estimate of drug-likeness (QED) is 0.578. The summed E-state index contributed by atoms with van der Waals surface area (Å²) >= 11 is 3.31. The van der Waals surface area contributed by atoms with Crippen molar-refractivity contribution in [3.05, 3.63) is 29.6 Å². The number of hydrogen-bond donors (Lipinski definition) is 0. The van der Waals surface area contributed by atoms with Crippen LogP contribution in [0.3, 0.4) is 0 Å². The fourth-order valence-corrected chi connectivity index (χ4v) is 1.24. The summed E-state index contributed by atoms with van der Waals surface area (Å²) in [7, 11) is 0. The molecule has 1 aromatic rings. The standard InChI is InChI=1S/C7H3I2NO2/c8-6(11)4-1-5(7(9)12)3-10-2-4/h1-3H. The zero-order valence-corrected chi connectivity index (χ0v) is 10.1. The lowest BCUT2D eigenvalue weighted by molar-refractivity contribution is 0.110. The second-order valence-corrected chi connectivity index (χ2v) is 3.97. The second kappa shape index (κ2) is 4.26. The summed E-state index contributed by atoms with van der Waals surface area (Å²) in [4.78, 5) is 25.5. The SMILES string of the molecule is O=C(I)c1cncc(C(=O)I)c1. The summed E-state index contributed by atoms with van der Waals surface area (Å²) in [6.45, 7) is 0. The van der Waals surface area contributed by atoms with Crippen molar-refractivity contribution in [2.75, 3.05) is 0 Å². The molecule has 0 saturated carbocycles. The molecule has 1 rings (SSSR count). The minimum absolute atomic E-state index is 0.111. The summed E-state index contributed by atoms with van der Waals surface area (Å²) in [6.07, 6.45) is 2.88. The normalized spacial score (nSPS) is 9.50. The van der Waals surface area contributed by atoms with Crippen LogP contribution in [0.15, 0.2) is 18.5 Å². The van der Waals surface area contributed by atoms with E-state index < -0.39 is 0 Å². The third-order valence-corrected chi connectivity index (χ3v) is 2.44. The molecular weight excluding hydrogens is 384 g/mol. The van der Waals surface area contributed by atoms with Crippen LogP contribution in [0.1, 0.15) is 20.7 Å². The van der Waals surface area contributed by atoms with Gasteiger partial charge in [-0.1, -0.05) is 0 Å². The van der Waals surface area contributed by atoms with Gasteiger partial charge in [0.25, 0.3) is 0 Å². The molecule has 5 heteroatoms. The van der Waals surface area contributed by atoms with Crippen LogP contribution < -0.4 is 0 Å². The highest BCUT2D eigenvalue weighted by Gasteiger charge is 2.05. The summed E-state index contributed by atoms with van der Waals surface area (Å²) in [6, 6.07) is 1.54. The average Bonchev–Trinajstić information content (AvgIpc) is 2.04. The smallest absolute Gasteiger partial charge is 0.223 e. The van der Waals surface area contributed by atoms with E-state index in [1.807, 2.05) is 0 Å². The Morgan fingerprint density at radius 2 is 1.50 bits per heavy atom. The van der Waals surface area contributed by atoms with Gasteiger partial charge in [-0.05, 0) is 6.07 Å². The molecule has 0 bridgehead atoms. The van der Waals surface area contributed by atoms with Gasteiger partial charge in [-0.3, -0.25) is 14.6 Å². The summed E-state index contributed by atoms with van der Waals surface area (Å²) in [5.74, 6) is 0. The van der Waals surface area contributed by atoms with Crippen molar-refractivity contribution in [3.8, 4) is 0 Å². The Labute approximate surface area is 96.2 Å². The average molecular weight is 387 g/mol. The first-order chi connectivity index (χ1) is 5.61. The first kappa shape index (κ1) is 10.0. The maximum Gasteiger partial charge on any atom is 0.223 e. The van der Waals surface area contributed by atoms with Crippen molar-refractivity contribution in [1.29, 1.82) is 0 Å². The molecule has 0 aliphatic rings. The Balaban J connectivity index is 3.12. The van der Waals surface area contributed by atoms with E-state index in [1.54, 1.807) is 45.2 Å². The van der Waals surface area contributed by atoms with Crippen LogP contribution in [0.5, 0.6) is 0 Å². The zero-order chi connectivity index (χ0) is 9.14. The van der Waals surface area contributed by atoms with Gasteiger partial charge in [0.1, 0.15) is 0 Å². The van der Waals surface area contributed by atoms with Gasteiger partial charge in [0.15, 0.2) is 0 Å². The Kier molecular flexibility index (Phi) is 3.56. The molecule has 0 aromatic carbocycles. The van der Waals surface area contributed by atoms with Gasteiger partial charge in [0, 0.05) is 68.7 Å². The molecule has 1 heterocycles.